The Balaban J connectivity index is 2.08. The summed E-state index contributed by atoms with van der Waals surface area (Å²) in [4.78, 5) is 2.34. The zero-order valence-corrected chi connectivity index (χ0v) is 12.9. The van der Waals surface area contributed by atoms with Gasteiger partial charge in [0.25, 0.3) is 0 Å². The number of nitrogens with zero attached hydrogens (tertiary/aromatic N) is 1. The normalized spacial score (nSPS) is 19.4. The average molecular weight is 282 g/mol. The first kappa shape index (κ1) is 14.7. The van der Waals surface area contributed by atoms with Gasteiger partial charge >= 0.3 is 0 Å². The van der Waals surface area contributed by atoms with Crippen molar-refractivity contribution in [3.8, 4) is 0 Å². The van der Waals surface area contributed by atoms with E-state index in [4.69, 9.17) is 16.7 Å². The van der Waals surface area contributed by atoms with E-state index < -0.39 is 0 Å². The maximum absolute atomic E-state index is 9.16. The van der Waals surface area contributed by atoms with Crippen molar-refractivity contribution in [3.05, 3.63) is 28.8 Å². The zero-order valence-electron chi connectivity index (χ0n) is 12.1. The molecule has 2 rings (SSSR count). The molecular formula is C16H24ClNO. The van der Waals surface area contributed by atoms with Crippen LogP contribution in [-0.2, 0) is 6.61 Å². The van der Waals surface area contributed by atoms with Crippen LogP contribution in [0, 0.1) is 5.41 Å². The van der Waals surface area contributed by atoms with E-state index in [0.29, 0.717) is 16.5 Å². The molecule has 1 N–H and O–H groups in total. The second kappa shape index (κ2) is 5.72. The molecule has 1 saturated carbocycles. The fraction of sp³-hybridized carbons (Fsp3) is 0.625. The van der Waals surface area contributed by atoms with E-state index in [1.165, 1.54) is 25.7 Å². The van der Waals surface area contributed by atoms with E-state index in [0.717, 1.165) is 11.3 Å². The lowest BCUT2D eigenvalue weighted by Gasteiger charge is -2.39. The van der Waals surface area contributed by atoms with Crippen molar-refractivity contribution in [1.82, 2.24) is 0 Å². The average Bonchev–Trinajstić information content (AvgIpc) is 2.38. The van der Waals surface area contributed by atoms with Crippen molar-refractivity contribution in [3.63, 3.8) is 0 Å². The summed E-state index contributed by atoms with van der Waals surface area (Å²) in [6.07, 6.45) is 5.04. The SMILES string of the molecule is CN(c1ccc(CO)c(Cl)c1)C1CCC(C)(C)CC1. The molecule has 19 heavy (non-hydrogen) atoms. The second-order valence-corrected chi connectivity index (χ2v) is 6.85. The van der Waals surface area contributed by atoms with E-state index in [9.17, 15) is 0 Å². The van der Waals surface area contributed by atoms with E-state index in [1.54, 1.807) is 0 Å². The molecule has 0 atom stereocenters. The van der Waals surface area contributed by atoms with Crippen LogP contribution >= 0.6 is 11.6 Å². The van der Waals surface area contributed by atoms with Crippen molar-refractivity contribution < 1.29 is 5.11 Å². The number of rotatable bonds is 3. The molecule has 106 valence electrons. The molecule has 1 aromatic rings. The fourth-order valence-corrected chi connectivity index (χ4v) is 3.10. The smallest absolute Gasteiger partial charge is 0.0696 e. The van der Waals surface area contributed by atoms with E-state index in [1.807, 2.05) is 12.1 Å². The van der Waals surface area contributed by atoms with Crippen LogP contribution in [0.15, 0.2) is 18.2 Å². The van der Waals surface area contributed by atoms with Gasteiger partial charge in [-0.3, -0.25) is 0 Å². The van der Waals surface area contributed by atoms with Crippen molar-refractivity contribution in [2.24, 2.45) is 5.41 Å². The molecule has 3 heteroatoms. The van der Waals surface area contributed by atoms with Crippen LogP contribution in [0.2, 0.25) is 5.02 Å². The Morgan fingerprint density at radius 1 is 1.32 bits per heavy atom. The van der Waals surface area contributed by atoms with Crippen LogP contribution in [-0.4, -0.2) is 18.2 Å². The number of hydrogen-bond acceptors (Lipinski definition) is 2. The van der Waals surface area contributed by atoms with Crippen molar-refractivity contribution in [2.45, 2.75) is 52.2 Å². The summed E-state index contributed by atoms with van der Waals surface area (Å²) in [5.41, 5.74) is 2.44. The minimum absolute atomic E-state index is 0.000442. The largest absolute Gasteiger partial charge is 0.392 e. The standard InChI is InChI=1S/C16H24ClNO/c1-16(2)8-6-13(7-9-16)18(3)14-5-4-12(11-19)15(17)10-14/h4-5,10,13,19H,6-9,11H2,1-3H3. The van der Waals surface area contributed by atoms with E-state index >= 15 is 0 Å². The number of benzene rings is 1. The third-order valence-corrected chi connectivity index (χ3v) is 4.82. The van der Waals surface area contributed by atoms with Gasteiger partial charge in [0.1, 0.15) is 0 Å². The minimum Gasteiger partial charge on any atom is -0.392 e. The summed E-state index contributed by atoms with van der Waals surface area (Å²) in [5.74, 6) is 0. The van der Waals surface area contributed by atoms with Gasteiger partial charge in [-0.1, -0.05) is 31.5 Å². The molecular weight excluding hydrogens is 258 g/mol. The lowest BCUT2D eigenvalue weighted by molar-refractivity contribution is 0.222. The van der Waals surface area contributed by atoms with Crippen LogP contribution in [0.25, 0.3) is 0 Å². The Labute approximate surface area is 121 Å². The Morgan fingerprint density at radius 3 is 2.47 bits per heavy atom. The summed E-state index contributed by atoms with van der Waals surface area (Å²) in [5, 5.41) is 9.81. The highest BCUT2D eigenvalue weighted by molar-refractivity contribution is 6.31. The van der Waals surface area contributed by atoms with Crippen LogP contribution < -0.4 is 4.90 Å². The van der Waals surface area contributed by atoms with Gasteiger partial charge in [0.05, 0.1) is 6.61 Å². The highest BCUT2D eigenvalue weighted by Crippen LogP contribution is 2.38. The molecule has 2 nitrogen and oxygen atoms in total. The van der Waals surface area contributed by atoms with Crippen LogP contribution in [0.1, 0.15) is 45.1 Å². The molecule has 0 aliphatic heterocycles. The lowest BCUT2D eigenvalue weighted by Crippen LogP contribution is -2.37. The minimum atomic E-state index is 0.000442. The van der Waals surface area contributed by atoms with Gasteiger partial charge in [0.2, 0.25) is 0 Å². The highest BCUT2D eigenvalue weighted by atomic mass is 35.5. The molecule has 0 bridgehead atoms. The molecule has 0 radical (unpaired) electrons. The molecule has 1 aliphatic rings. The van der Waals surface area contributed by atoms with Crippen molar-refractivity contribution >= 4 is 17.3 Å². The van der Waals surface area contributed by atoms with Gasteiger partial charge in [0, 0.05) is 23.8 Å². The topological polar surface area (TPSA) is 23.5 Å². The summed E-state index contributed by atoms with van der Waals surface area (Å²) in [6.45, 7) is 4.71. The maximum atomic E-state index is 9.16. The summed E-state index contributed by atoms with van der Waals surface area (Å²) in [6, 6.07) is 6.54. The molecule has 1 fully saturated rings. The molecule has 1 aliphatic carbocycles. The maximum Gasteiger partial charge on any atom is 0.0696 e. The predicted molar refractivity (Wildman–Crippen MR) is 81.8 cm³/mol. The molecule has 0 spiro atoms. The Morgan fingerprint density at radius 2 is 1.95 bits per heavy atom. The monoisotopic (exact) mass is 281 g/mol. The molecule has 0 heterocycles. The van der Waals surface area contributed by atoms with Gasteiger partial charge in [-0.2, -0.15) is 0 Å². The summed E-state index contributed by atoms with van der Waals surface area (Å²) in [7, 11) is 2.15. The van der Waals surface area contributed by atoms with E-state index in [-0.39, 0.29) is 6.61 Å². The third kappa shape index (κ3) is 3.43. The van der Waals surface area contributed by atoms with Gasteiger partial charge < -0.3 is 10.0 Å². The van der Waals surface area contributed by atoms with Crippen LogP contribution in [0.4, 0.5) is 5.69 Å². The summed E-state index contributed by atoms with van der Waals surface area (Å²) >= 11 is 6.17. The molecule has 1 aromatic carbocycles. The van der Waals surface area contributed by atoms with Gasteiger partial charge in [0.15, 0.2) is 0 Å². The molecule has 0 unspecified atom stereocenters. The summed E-state index contributed by atoms with van der Waals surface area (Å²) < 4.78 is 0. The molecule has 0 amide bonds. The number of aliphatic hydroxyl groups excluding tert-OH is 1. The Bertz CT molecular complexity index is 434. The first-order valence-electron chi connectivity index (χ1n) is 7.05. The van der Waals surface area contributed by atoms with Crippen LogP contribution in [0.5, 0.6) is 0 Å². The van der Waals surface area contributed by atoms with Crippen molar-refractivity contribution in [2.75, 3.05) is 11.9 Å². The second-order valence-electron chi connectivity index (χ2n) is 6.44. The first-order valence-corrected chi connectivity index (χ1v) is 7.43. The van der Waals surface area contributed by atoms with Gasteiger partial charge in [-0.25, -0.2) is 0 Å². The predicted octanol–water partition coefficient (Wildman–Crippen LogP) is 4.24. The third-order valence-electron chi connectivity index (χ3n) is 4.47. The number of hydrogen-bond donors (Lipinski definition) is 1. The Hall–Kier alpha value is -0.730. The molecule has 0 aromatic heterocycles. The lowest BCUT2D eigenvalue weighted by atomic mass is 9.75. The fourth-order valence-electron chi connectivity index (χ4n) is 2.87. The number of halogens is 1. The van der Waals surface area contributed by atoms with Gasteiger partial charge in [-0.15, -0.1) is 0 Å². The van der Waals surface area contributed by atoms with Gasteiger partial charge in [-0.05, 0) is 48.8 Å². The molecule has 0 saturated heterocycles. The first-order chi connectivity index (χ1) is 8.93. The van der Waals surface area contributed by atoms with E-state index in [2.05, 4.69) is 31.9 Å². The van der Waals surface area contributed by atoms with Crippen molar-refractivity contribution in [1.29, 1.82) is 0 Å². The quantitative estimate of drug-likeness (QED) is 0.896. The highest BCUT2D eigenvalue weighted by Gasteiger charge is 2.29. The zero-order chi connectivity index (χ0) is 14.0. The van der Waals surface area contributed by atoms with Crippen LogP contribution in [0.3, 0.4) is 0 Å². The number of anilines is 1. The Kier molecular flexibility index (Phi) is 4.42. The number of aliphatic hydroxyl groups is 1.